The van der Waals surface area contributed by atoms with E-state index in [0.29, 0.717) is 12.2 Å². The van der Waals surface area contributed by atoms with Crippen LogP contribution in [0.1, 0.15) is 32.1 Å². The highest BCUT2D eigenvalue weighted by Gasteiger charge is 2.25. The highest BCUT2D eigenvalue weighted by atomic mass is 32.2. The van der Waals surface area contributed by atoms with Crippen LogP contribution in [0.25, 0.3) is 0 Å². The molecule has 0 aliphatic heterocycles. The Morgan fingerprint density at radius 2 is 1.42 bits per heavy atom. The van der Waals surface area contributed by atoms with Crippen molar-refractivity contribution in [2.75, 3.05) is 18.6 Å². The largest absolute Gasteiger partial charge is 0.480 e. The Kier molecular flexibility index (Phi) is 13.6. The summed E-state index contributed by atoms with van der Waals surface area (Å²) in [5, 5.41) is 15.9. The first-order chi connectivity index (χ1) is 14.5. The van der Waals surface area contributed by atoms with Crippen molar-refractivity contribution in [3.63, 3.8) is 0 Å². The Hall–Kier alpha value is -2.87. The molecule has 13 nitrogen and oxygen atoms in total. The summed E-state index contributed by atoms with van der Waals surface area (Å²) in [5.74, 6) is -4.35. The van der Waals surface area contributed by atoms with E-state index >= 15 is 0 Å². The standard InChI is InChI=1S/C17H30N6O7S/c1-31-7-6-9(18)15(27)23-10(2-4-12(19)24)16(28)21-8-14(26)22-11(17(29)30)3-5-13(20)25/h9-11H,2-8,18H2,1H3,(H2,19,24)(H2,20,25)(H,21,28)(H,22,26)(H,23,27)(H,29,30). The number of carbonyl (C=O) groups excluding carboxylic acids is 5. The van der Waals surface area contributed by atoms with E-state index in [1.54, 1.807) is 0 Å². The first-order valence-electron chi connectivity index (χ1n) is 9.39. The van der Waals surface area contributed by atoms with Crippen LogP contribution in [0.4, 0.5) is 0 Å². The molecule has 0 aromatic rings. The third kappa shape index (κ3) is 13.1. The van der Waals surface area contributed by atoms with Crippen LogP contribution in [0.2, 0.25) is 0 Å². The van der Waals surface area contributed by atoms with E-state index in [0.717, 1.165) is 0 Å². The molecule has 14 heteroatoms. The second-order valence-electron chi connectivity index (χ2n) is 6.64. The Labute approximate surface area is 183 Å². The maximum atomic E-state index is 12.4. The lowest BCUT2D eigenvalue weighted by molar-refractivity contribution is -0.142. The van der Waals surface area contributed by atoms with Gasteiger partial charge in [-0.3, -0.25) is 24.0 Å². The molecule has 0 radical (unpaired) electrons. The molecule has 0 saturated carbocycles. The summed E-state index contributed by atoms with van der Waals surface area (Å²) >= 11 is 1.50. The molecule has 0 aliphatic carbocycles. The van der Waals surface area contributed by atoms with Crippen molar-refractivity contribution in [2.24, 2.45) is 17.2 Å². The number of nitrogens with two attached hydrogens (primary N) is 3. The predicted octanol–water partition coefficient (Wildman–Crippen LogP) is -3.23. The van der Waals surface area contributed by atoms with E-state index in [4.69, 9.17) is 22.3 Å². The van der Waals surface area contributed by atoms with Crippen molar-refractivity contribution in [1.82, 2.24) is 16.0 Å². The van der Waals surface area contributed by atoms with Gasteiger partial charge < -0.3 is 38.3 Å². The lowest BCUT2D eigenvalue weighted by Crippen LogP contribution is -2.53. The molecule has 0 bridgehead atoms. The van der Waals surface area contributed by atoms with Gasteiger partial charge in [0, 0.05) is 12.8 Å². The fraction of sp³-hybridized carbons (Fsp3) is 0.647. The van der Waals surface area contributed by atoms with Crippen molar-refractivity contribution < 1.29 is 33.9 Å². The predicted molar refractivity (Wildman–Crippen MR) is 112 cm³/mol. The molecule has 0 saturated heterocycles. The van der Waals surface area contributed by atoms with Gasteiger partial charge in [0.25, 0.3) is 0 Å². The van der Waals surface area contributed by atoms with Crippen LogP contribution in [0, 0.1) is 0 Å². The number of carboxylic acid groups (broad SMARTS) is 1. The number of amides is 5. The van der Waals surface area contributed by atoms with Crippen LogP contribution in [0.15, 0.2) is 0 Å². The molecule has 31 heavy (non-hydrogen) atoms. The fourth-order valence-corrected chi connectivity index (χ4v) is 2.78. The fourth-order valence-electron chi connectivity index (χ4n) is 2.29. The number of primary amides is 2. The lowest BCUT2D eigenvalue weighted by Gasteiger charge is -2.20. The normalized spacial score (nSPS) is 13.4. The summed E-state index contributed by atoms with van der Waals surface area (Å²) in [6, 6.07) is -3.39. The molecule has 10 N–H and O–H groups in total. The zero-order chi connectivity index (χ0) is 24.0. The van der Waals surface area contributed by atoms with Crippen LogP contribution >= 0.6 is 11.8 Å². The first-order valence-corrected chi connectivity index (χ1v) is 10.8. The van der Waals surface area contributed by atoms with E-state index in [1.165, 1.54) is 11.8 Å². The summed E-state index contributed by atoms with van der Waals surface area (Å²) in [6.07, 6.45) is 1.46. The van der Waals surface area contributed by atoms with E-state index in [-0.39, 0.29) is 25.7 Å². The third-order valence-corrected chi connectivity index (χ3v) is 4.66. The molecule has 176 valence electrons. The first kappa shape index (κ1) is 28.1. The number of carboxylic acids is 1. The summed E-state index contributed by atoms with van der Waals surface area (Å²) in [7, 11) is 0. The zero-order valence-corrected chi connectivity index (χ0v) is 18.0. The van der Waals surface area contributed by atoms with Gasteiger partial charge in [-0.2, -0.15) is 11.8 Å². The smallest absolute Gasteiger partial charge is 0.326 e. The third-order valence-electron chi connectivity index (χ3n) is 4.02. The second kappa shape index (κ2) is 15.0. The number of nitrogens with one attached hydrogen (secondary N) is 3. The SMILES string of the molecule is CSCCC(N)C(=O)NC(CCC(N)=O)C(=O)NCC(=O)NC(CCC(N)=O)C(=O)O. The highest BCUT2D eigenvalue weighted by molar-refractivity contribution is 7.98. The van der Waals surface area contributed by atoms with Crippen LogP contribution in [0.5, 0.6) is 0 Å². The minimum absolute atomic E-state index is 0.111. The molecule has 0 aliphatic rings. The Morgan fingerprint density at radius 1 is 0.871 bits per heavy atom. The van der Waals surface area contributed by atoms with Crippen LogP contribution in [-0.2, 0) is 28.8 Å². The number of aliphatic carboxylic acids is 1. The topological polar surface area (TPSA) is 237 Å². The molecule has 3 atom stereocenters. The maximum Gasteiger partial charge on any atom is 0.326 e. The van der Waals surface area contributed by atoms with E-state index in [2.05, 4.69) is 16.0 Å². The molecule has 0 heterocycles. The van der Waals surface area contributed by atoms with Crippen LogP contribution < -0.4 is 33.2 Å². The average molecular weight is 463 g/mol. The number of hydrogen-bond donors (Lipinski definition) is 7. The second-order valence-corrected chi connectivity index (χ2v) is 7.62. The molecular formula is C17H30N6O7S. The molecule has 5 amide bonds. The summed E-state index contributed by atoms with van der Waals surface area (Å²) in [4.78, 5) is 69.5. The van der Waals surface area contributed by atoms with Gasteiger partial charge >= 0.3 is 5.97 Å². The Bertz CT molecular complexity index is 675. The number of carbonyl (C=O) groups is 6. The monoisotopic (exact) mass is 462 g/mol. The van der Waals surface area contributed by atoms with Gasteiger partial charge in [-0.15, -0.1) is 0 Å². The average Bonchev–Trinajstić information content (AvgIpc) is 2.69. The van der Waals surface area contributed by atoms with E-state index < -0.39 is 60.2 Å². The van der Waals surface area contributed by atoms with E-state index in [1.807, 2.05) is 6.26 Å². The molecule has 0 rings (SSSR count). The molecule has 0 aromatic carbocycles. The lowest BCUT2D eigenvalue weighted by atomic mass is 10.1. The quantitative estimate of drug-likeness (QED) is 0.122. The van der Waals surface area contributed by atoms with Gasteiger partial charge in [0.1, 0.15) is 12.1 Å². The van der Waals surface area contributed by atoms with Crippen molar-refractivity contribution in [2.45, 2.75) is 50.2 Å². The minimum Gasteiger partial charge on any atom is -0.480 e. The van der Waals surface area contributed by atoms with Crippen LogP contribution in [-0.4, -0.2) is 77.3 Å². The Balaban J connectivity index is 4.86. The summed E-state index contributed by atoms with van der Waals surface area (Å²) in [6.45, 7) is -0.597. The van der Waals surface area contributed by atoms with Crippen molar-refractivity contribution in [3.05, 3.63) is 0 Å². The number of thioether (sulfide) groups is 1. The van der Waals surface area contributed by atoms with Gasteiger partial charge in [-0.1, -0.05) is 0 Å². The van der Waals surface area contributed by atoms with Crippen molar-refractivity contribution >= 4 is 47.3 Å². The van der Waals surface area contributed by atoms with Gasteiger partial charge in [0.2, 0.25) is 29.5 Å². The maximum absolute atomic E-state index is 12.4. The highest BCUT2D eigenvalue weighted by Crippen LogP contribution is 2.02. The van der Waals surface area contributed by atoms with Gasteiger partial charge in [0.15, 0.2) is 0 Å². The number of rotatable bonds is 16. The number of hydrogen-bond acceptors (Lipinski definition) is 8. The van der Waals surface area contributed by atoms with Crippen LogP contribution in [0.3, 0.4) is 0 Å². The van der Waals surface area contributed by atoms with Gasteiger partial charge in [-0.25, -0.2) is 4.79 Å². The summed E-state index contributed by atoms with van der Waals surface area (Å²) < 4.78 is 0. The molecule has 3 unspecified atom stereocenters. The van der Waals surface area contributed by atoms with Gasteiger partial charge in [0.05, 0.1) is 12.6 Å². The molecule has 0 aromatic heterocycles. The van der Waals surface area contributed by atoms with E-state index in [9.17, 15) is 28.8 Å². The van der Waals surface area contributed by atoms with Crippen molar-refractivity contribution in [3.8, 4) is 0 Å². The zero-order valence-electron chi connectivity index (χ0n) is 17.2. The minimum atomic E-state index is -1.37. The summed E-state index contributed by atoms with van der Waals surface area (Å²) in [5.41, 5.74) is 15.8. The molecule has 0 spiro atoms. The molecular weight excluding hydrogens is 432 g/mol. The Morgan fingerprint density at radius 3 is 1.90 bits per heavy atom. The van der Waals surface area contributed by atoms with Crippen molar-refractivity contribution in [1.29, 1.82) is 0 Å². The molecule has 0 fully saturated rings. The van der Waals surface area contributed by atoms with Gasteiger partial charge in [-0.05, 0) is 31.3 Å².